The van der Waals surface area contributed by atoms with Crippen LogP contribution in [0, 0.1) is 0 Å². The van der Waals surface area contributed by atoms with Crippen LogP contribution in [-0.2, 0) is 28.6 Å². The highest BCUT2D eigenvalue weighted by Gasteiger charge is 2.19. The zero-order chi connectivity index (χ0) is 59.9. The van der Waals surface area contributed by atoms with Crippen LogP contribution in [0.5, 0.6) is 0 Å². The Labute approximate surface area is 510 Å². The Balaban J connectivity index is 4.39. The van der Waals surface area contributed by atoms with Crippen molar-refractivity contribution in [3.63, 3.8) is 0 Å². The van der Waals surface area contributed by atoms with Gasteiger partial charge in [0.2, 0.25) is 0 Å². The summed E-state index contributed by atoms with van der Waals surface area (Å²) in [4.78, 5) is 38.3. The van der Waals surface area contributed by atoms with Crippen LogP contribution < -0.4 is 0 Å². The quantitative estimate of drug-likeness (QED) is 0.0261. The van der Waals surface area contributed by atoms with Gasteiger partial charge >= 0.3 is 17.9 Å². The Bertz CT molecular complexity index is 1940. The van der Waals surface area contributed by atoms with E-state index in [2.05, 4.69) is 203 Å². The minimum atomic E-state index is -0.813. The molecule has 0 N–H and O–H groups in total. The summed E-state index contributed by atoms with van der Waals surface area (Å²) in [5.74, 6) is -0.962. The maximum atomic E-state index is 12.9. The van der Waals surface area contributed by atoms with E-state index in [9.17, 15) is 14.4 Å². The average Bonchev–Trinajstić information content (AvgIpc) is 3.48. The van der Waals surface area contributed by atoms with Gasteiger partial charge in [0, 0.05) is 19.3 Å². The molecule has 0 aliphatic rings. The molecule has 0 aliphatic heterocycles. The Morgan fingerprint density at radius 2 is 0.470 bits per heavy atom. The number of esters is 3. The van der Waals surface area contributed by atoms with Gasteiger partial charge in [-0.25, -0.2) is 0 Å². The van der Waals surface area contributed by atoms with Gasteiger partial charge in [0.15, 0.2) is 6.10 Å². The fraction of sp³-hybridized carbons (Fsp3) is 0.571. The largest absolute Gasteiger partial charge is 0.462 e. The fourth-order valence-electron chi connectivity index (χ4n) is 8.44. The first-order chi connectivity index (χ1) is 41.0. The Morgan fingerprint density at radius 1 is 0.253 bits per heavy atom. The first kappa shape index (κ1) is 77.5. The Morgan fingerprint density at radius 3 is 0.747 bits per heavy atom. The number of carbonyl (C=O) groups excluding carboxylic acids is 3. The van der Waals surface area contributed by atoms with E-state index in [1.54, 1.807) is 0 Å². The number of ether oxygens (including phenoxy) is 3. The highest BCUT2D eigenvalue weighted by atomic mass is 16.6. The van der Waals surface area contributed by atoms with Gasteiger partial charge in [0.05, 0.1) is 0 Å². The second kappa shape index (κ2) is 69.0. The minimum absolute atomic E-state index is 0.106. The number of carbonyl (C=O) groups is 3. The Kier molecular flexibility index (Phi) is 64.4. The molecular formula is C77H120O6. The predicted octanol–water partition coefficient (Wildman–Crippen LogP) is 23.2. The summed E-state index contributed by atoms with van der Waals surface area (Å²) in [5.41, 5.74) is 0. The molecule has 0 amide bonds. The van der Waals surface area contributed by atoms with Gasteiger partial charge in [-0.2, -0.15) is 0 Å². The van der Waals surface area contributed by atoms with Crippen LogP contribution in [0.1, 0.15) is 265 Å². The highest BCUT2D eigenvalue weighted by Crippen LogP contribution is 2.14. The van der Waals surface area contributed by atoms with E-state index in [1.165, 1.54) is 38.5 Å². The topological polar surface area (TPSA) is 78.9 Å². The van der Waals surface area contributed by atoms with Crippen molar-refractivity contribution in [1.82, 2.24) is 0 Å². The van der Waals surface area contributed by atoms with Gasteiger partial charge in [0.1, 0.15) is 13.2 Å². The third-order valence-corrected chi connectivity index (χ3v) is 13.4. The minimum Gasteiger partial charge on any atom is -0.462 e. The van der Waals surface area contributed by atoms with Crippen LogP contribution in [-0.4, -0.2) is 37.2 Å². The molecule has 0 fully saturated rings. The lowest BCUT2D eigenvalue weighted by molar-refractivity contribution is -0.167. The molecule has 0 aromatic carbocycles. The number of rotatable bonds is 58. The third-order valence-electron chi connectivity index (χ3n) is 13.4. The average molecular weight is 1140 g/mol. The number of hydrogen-bond acceptors (Lipinski definition) is 6. The van der Waals surface area contributed by atoms with Crippen molar-refractivity contribution >= 4 is 17.9 Å². The first-order valence-electron chi connectivity index (χ1n) is 33.3. The van der Waals surface area contributed by atoms with Crippen molar-refractivity contribution < 1.29 is 28.6 Å². The summed E-state index contributed by atoms with van der Waals surface area (Å²) >= 11 is 0. The molecule has 0 rings (SSSR count). The maximum absolute atomic E-state index is 12.9. The number of allylic oxidation sites excluding steroid dienone is 30. The van der Waals surface area contributed by atoms with E-state index >= 15 is 0 Å². The summed E-state index contributed by atoms with van der Waals surface area (Å²) < 4.78 is 16.9. The van der Waals surface area contributed by atoms with Gasteiger partial charge in [-0.3, -0.25) is 14.4 Å². The monoisotopic (exact) mass is 1140 g/mol. The van der Waals surface area contributed by atoms with Crippen LogP contribution in [0.3, 0.4) is 0 Å². The predicted molar refractivity (Wildman–Crippen MR) is 361 cm³/mol. The van der Waals surface area contributed by atoms with Gasteiger partial charge < -0.3 is 14.2 Å². The summed E-state index contributed by atoms with van der Waals surface area (Å²) in [5, 5.41) is 0. The lowest BCUT2D eigenvalue weighted by Gasteiger charge is -2.18. The lowest BCUT2D eigenvalue weighted by atomic mass is 10.1. The molecule has 0 saturated heterocycles. The molecule has 0 spiro atoms. The molecule has 1 atom stereocenters. The van der Waals surface area contributed by atoms with E-state index in [4.69, 9.17) is 14.2 Å². The molecule has 0 aromatic heterocycles. The fourth-order valence-corrected chi connectivity index (χ4v) is 8.44. The SMILES string of the molecule is CC/C=C\C/C=C\C/C=C\C/C=C\C/C=C\C/C=C\C/C=C\C/C=C\CCCCCCCCC(=O)OCC(COC(=O)CCCCCCC/C=C\CCCC)OC(=O)CCCCCC/C=C\C/C=C\C/C=C\C/C=C\C/C=C\C/C=C\CC. The molecule has 1 unspecified atom stereocenters. The molecule has 0 radical (unpaired) electrons. The molecule has 6 nitrogen and oxygen atoms in total. The molecule has 0 aromatic rings. The molecule has 0 aliphatic carbocycles. The molecule has 6 heteroatoms. The standard InChI is InChI=1S/C77H120O6/c1-4-7-10-13-16-19-22-24-26-28-30-32-34-35-36-37-38-39-40-41-43-44-46-48-50-52-55-58-61-64-67-70-76(79)82-73-74(72-81-75(78)69-66-63-60-57-54-21-18-15-12-9-6-3)83-77(80)71-68-65-62-59-56-53-51-49-47-45-42-33-31-29-27-25-23-20-17-14-11-8-5-2/h7-8,10-11,15-20,24-27,30-33,35-36,38-39,41,43,45-48,51,53,74H,4-6,9,12-14,21-23,28-29,34,37,40,42,44,49-50,52,54-73H2,1-3H3/b10-7-,11-8-,18-15-,19-16-,20-17-,26-24-,27-25-,32-30-,33-31-,36-35-,39-38-,43-41-,47-45-,48-46-,53-51-. The van der Waals surface area contributed by atoms with Crippen LogP contribution in [0.4, 0.5) is 0 Å². The molecule has 464 valence electrons. The second-order valence-corrected chi connectivity index (χ2v) is 21.3. The van der Waals surface area contributed by atoms with Gasteiger partial charge in [0.25, 0.3) is 0 Å². The number of unbranched alkanes of at least 4 members (excludes halogenated alkanes) is 17. The zero-order valence-electron chi connectivity index (χ0n) is 53.1. The van der Waals surface area contributed by atoms with Crippen LogP contribution in [0.15, 0.2) is 182 Å². The second-order valence-electron chi connectivity index (χ2n) is 21.3. The van der Waals surface area contributed by atoms with Crippen molar-refractivity contribution in [3.8, 4) is 0 Å². The molecule has 83 heavy (non-hydrogen) atoms. The van der Waals surface area contributed by atoms with Crippen LogP contribution in [0.2, 0.25) is 0 Å². The third kappa shape index (κ3) is 67.2. The van der Waals surface area contributed by atoms with Crippen LogP contribution in [0.25, 0.3) is 0 Å². The summed E-state index contributed by atoms with van der Waals surface area (Å²) in [6, 6.07) is 0. The molecule has 0 saturated carbocycles. The van der Waals surface area contributed by atoms with E-state index in [-0.39, 0.29) is 37.5 Å². The van der Waals surface area contributed by atoms with Gasteiger partial charge in [-0.05, 0) is 154 Å². The summed E-state index contributed by atoms with van der Waals surface area (Å²) in [6.07, 6.45) is 103. The summed E-state index contributed by atoms with van der Waals surface area (Å²) in [6.45, 7) is 6.32. The first-order valence-corrected chi connectivity index (χ1v) is 33.3. The molecular weight excluding hydrogens is 1020 g/mol. The van der Waals surface area contributed by atoms with E-state index in [0.717, 1.165) is 186 Å². The van der Waals surface area contributed by atoms with E-state index in [1.807, 2.05) is 0 Å². The van der Waals surface area contributed by atoms with Crippen molar-refractivity contribution in [2.45, 2.75) is 271 Å². The zero-order valence-corrected chi connectivity index (χ0v) is 53.1. The Hall–Kier alpha value is -5.49. The molecule has 0 bridgehead atoms. The normalized spacial score (nSPS) is 13.3. The van der Waals surface area contributed by atoms with Gasteiger partial charge in [-0.15, -0.1) is 0 Å². The van der Waals surface area contributed by atoms with E-state index in [0.29, 0.717) is 12.8 Å². The molecule has 0 heterocycles. The van der Waals surface area contributed by atoms with E-state index < -0.39 is 6.10 Å². The van der Waals surface area contributed by atoms with Gasteiger partial charge in [-0.1, -0.05) is 274 Å². The summed E-state index contributed by atoms with van der Waals surface area (Å²) in [7, 11) is 0. The maximum Gasteiger partial charge on any atom is 0.306 e. The van der Waals surface area contributed by atoms with Crippen molar-refractivity contribution in [1.29, 1.82) is 0 Å². The lowest BCUT2D eigenvalue weighted by Crippen LogP contribution is -2.30. The van der Waals surface area contributed by atoms with Crippen molar-refractivity contribution in [3.05, 3.63) is 182 Å². The van der Waals surface area contributed by atoms with Crippen LogP contribution >= 0.6 is 0 Å². The number of hydrogen-bond donors (Lipinski definition) is 0. The van der Waals surface area contributed by atoms with Crippen molar-refractivity contribution in [2.24, 2.45) is 0 Å². The highest BCUT2D eigenvalue weighted by molar-refractivity contribution is 5.71. The smallest absolute Gasteiger partial charge is 0.306 e. The van der Waals surface area contributed by atoms with Crippen molar-refractivity contribution in [2.75, 3.05) is 13.2 Å².